The van der Waals surface area contributed by atoms with Gasteiger partial charge in [-0.1, -0.05) is 26.7 Å². The zero-order chi connectivity index (χ0) is 8.55. The van der Waals surface area contributed by atoms with Gasteiger partial charge in [0.05, 0.1) is 12.2 Å². The summed E-state index contributed by atoms with van der Waals surface area (Å²) in [6.45, 7) is 4.31. The summed E-state index contributed by atoms with van der Waals surface area (Å²) in [6.07, 6.45) is 5.85. The summed E-state index contributed by atoms with van der Waals surface area (Å²) in [5.41, 5.74) is 0. The quantitative estimate of drug-likeness (QED) is 0.559. The van der Waals surface area contributed by atoms with Gasteiger partial charge in [-0.15, -0.1) is 0 Å². The lowest BCUT2D eigenvalue weighted by Crippen LogP contribution is -2.25. The van der Waals surface area contributed by atoms with Gasteiger partial charge in [0, 0.05) is 0 Å². The number of hydrogen-bond acceptors (Lipinski definition) is 2. The van der Waals surface area contributed by atoms with Crippen molar-refractivity contribution in [3.05, 3.63) is 0 Å². The van der Waals surface area contributed by atoms with Crippen LogP contribution < -0.4 is 0 Å². The van der Waals surface area contributed by atoms with Gasteiger partial charge in [-0.05, 0) is 18.7 Å². The van der Waals surface area contributed by atoms with Gasteiger partial charge in [-0.3, -0.25) is 0 Å². The van der Waals surface area contributed by atoms with Crippen molar-refractivity contribution in [1.29, 1.82) is 0 Å². The molecule has 0 bridgehead atoms. The van der Waals surface area contributed by atoms with Gasteiger partial charge in [-0.25, -0.2) is 0 Å². The molecular formula is C9H17BO2. The van der Waals surface area contributed by atoms with Crippen LogP contribution in [-0.4, -0.2) is 19.3 Å². The Kier molecular flexibility index (Phi) is 2.42. The van der Waals surface area contributed by atoms with Gasteiger partial charge in [0.15, 0.2) is 0 Å². The highest BCUT2D eigenvalue weighted by Gasteiger charge is 2.41. The fourth-order valence-corrected chi connectivity index (χ4v) is 2.07. The summed E-state index contributed by atoms with van der Waals surface area (Å²) in [6, 6.07) is 0. The number of fused-ring (bicyclic) bond motifs is 1. The van der Waals surface area contributed by atoms with Crippen LogP contribution in [0, 0.1) is 0 Å². The monoisotopic (exact) mass is 168 g/mol. The SMILES string of the molecule is CC(C)B1O[C@H]2CCCC[C@H]2O1. The third-order valence-corrected chi connectivity index (χ3v) is 2.80. The van der Waals surface area contributed by atoms with Crippen LogP contribution in [0.2, 0.25) is 5.82 Å². The van der Waals surface area contributed by atoms with Crippen molar-refractivity contribution in [2.24, 2.45) is 0 Å². The van der Waals surface area contributed by atoms with E-state index in [2.05, 4.69) is 13.8 Å². The van der Waals surface area contributed by atoms with Crippen molar-refractivity contribution >= 4 is 7.12 Å². The molecule has 0 aromatic heterocycles. The first kappa shape index (κ1) is 8.58. The predicted molar refractivity (Wildman–Crippen MR) is 49.1 cm³/mol. The normalized spacial score (nSPS) is 35.8. The highest BCUT2D eigenvalue weighted by atomic mass is 16.7. The maximum atomic E-state index is 5.80. The van der Waals surface area contributed by atoms with Crippen LogP contribution in [0.5, 0.6) is 0 Å². The molecule has 0 aromatic carbocycles. The molecule has 3 heteroatoms. The van der Waals surface area contributed by atoms with Crippen LogP contribution in [-0.2, 0) is 9.31 Å². The van der Waals surface area contributed by atoms with Gasteiger partial charge in [0.1, 0.15) is 0 Å². The Labute approximate surface area is 74.8 Å². The minimum absolute atomic E-state index is 0.0677. The van der Waals surface area contributed by atoms with Crippen molar-refractivity contribution in [3.63, 3.8) is 0 Å². The van der Waals surface area contributed by atoms with E-state index in [1.54, 1.807) is 0 Å². The molecule has 2 atom stereocenters. The second-order valence-corrected chi connectivity index (χ2v) is 4.25. The topological polar surface area (TPSA) is 18.5 Å². The second kappa shape index (κ2) is 3.39. The average Bonchev–Trinajstić information content (AvgIpc) is 2.46. The average molecular weight is 168 g/mol. The molecule has 2 fully saturated rings. The van der Waals surface area contributed by atoms with Crippen molar-refractivity contribution < 1.29 is 9.31 Å². The second-order valence-electron chi connectivity index (χ2n) is 4.25. The molecule has 2 nitrogen and oxygen atoms in total. The van der Waals surface area contributed by atoms with E-state index in [4.69, 9.17) is 9.31 Å². The molecule has 2 rings (SSSR count). The van der Waals surface area contributed by atoms with Crippen LogP contribution in [0.15, 0.2) is 0 Å². The highest BCUT2D eigenvalue weighted by molar-refractivity contribution is 6.46. The zero-order valence-electron chi connectivity index (χ0n) is 7.95. The van der Waals surface area contributed by atoms with Gasteiger partial charge in [-0.2, -0.15) is 0 Å². The lowest BCUT2D eigenvalue weighted by molar-refractivity contribution is 0.110. The molecule has 0 unspecified atom stereocenters. The number of hydrogen-bond donors (Lipinski definition) is 0. The van der Waals surface area contributed by atoms with E-state index in [1.165, 1.54) is 25.7 Å². The summed E-state index contributed by atoms with van der Waals surface area (Å²) in [4.78, 5) is 0. The first-order chi connectivity index (χ1) is 5.77. The van der Waals surface area contributed by atoms with Crippen LogP contribution in [0.1, 0.15) is 39.5 Å². The lowest BCUT2D eigenvalue weighted by atomic mass is 9.75. The minimum atomic E-state index is 0.0677. The van der Waals surface area contributed by atoms with E-state index in [1.807, 2.05) is 0 Å². The van der Waals surface area contributed by atoms with Crippen molar-refractivity contribution in [1.82, 2.24) is 0 Å². The van der Waals surface area contributed by atoms with E-state index < -0.39 is 0 Å². The van der Waals surface area contributed by atoms with Crippen LogP contribution in [0.3, 0.4) is 0 Å². The molecule has 1 aliphatic carbocycles. The molecule has 1 saturated carbocycles. The molecule has 0 amide bonds. The van der Waals surface area contributed by atoms with Crippen LogP contribution >= 0.6 is 0 Å². The fraction of sp³-hybridized carbons (Fsp3) is 1.00. The molecule has 2 aliphatic rings. The fourth-order valence-electron chi connectivity index (χ4n) is 2.07. The molecule has 1 saturated heterocycles. The van der Waals surface area contributed by atoms with E-state index >= 15 is 0 Å². The van der Waals surface area contributed by atoms with E-state index in [-0.39, 0.29) is 7.12 Å². The summed E-state index contributed by atoms with van der Waals surface area (Å²) in [5, 5.41) is 0. The standard InChI is InChI=1S/C9H17BO2/c1-7(2)10-11-8-5-3-4-6-9(8)12-10/h7-9H,3-6H2,1-2H3/t8-,9+. The van der Waals surface area contributed by atoms with E-state index in [0.29, 0.717) is 18.0 Å². The van der Waals surface area contributed by atoms with E-state index in [0.717, 1.165) is 0 Å². The first-order valence-electron chi connectivity index (χ1n) is 5.08. The van der Waals surface area contributed by atoms with Gasteiger partial charge < -0.3 is 9.31 Å². The Morgan fingerprint density at radius 2 is 1.58 bits per heavy atom. The summed E-state index contributed by atoms with van der Waals surface area (Å²) in [5.74, 6) is 0.496. The maximum Gasteiger partial charge on any atom is 0.460 e. The van der Waals surface area contributed by atoms with Gasteiger partial charge in [0.25, 0.3) is 0 Å². The molecule has 12 heavy (non-hydrogen) atoms. The maximum absolute atomic E-state index is 5.80. The summed E-state index contributed by atoms with van der Waals surface area (Å²) < 4.78 is 11.6. The van der Waals surface area contributed by atoms with Gasteiger partial charge in [0.2, 0.25) is 0 Å². The molecule has 68 valence electrons. The molecular weight excluding hydrogens is 151 g/mol. The van der Waals surface area contributed by atoms with Crippen molar-refractivity contribution in [3.8, 4) is 0 Å². The van der Waals surface area contributed by atoms with Gasteiger partial charge >= 0.3 is 7.12 Å². The smallest absolute Gasteiger partial charge is 0.406 e. The summed E-state index contributed by atoms with van der Waals surface area (Å²) >= 11 is 0. The minimum Gasteiger partial charge on any atom is -0.406 e. The Balaban J connectivity index is 1.94. The number of rotatable bonds is 1. The molecule has 1 aliphatic heterocycles. The Morgan fingerprint density at radius 3 is 2.00 bits per heavy atom. The Bertz CT molecular complexity index is 147. The first-order valence-corrected chi connectivity index (χ1v) is 5.08. The highest BCUT2D eigenvalue weighted by Crippen LogP contribution is 2.33. The molecule has 0 aromatic rings. The van der Waals surface area contributed by atoms with Crippen LogP contribution in [0.4, 0.5) is 0 Å². The molecule has 0 spiro atoms. The third-order valence-electron chi connectivity index (χ3n) is 2.80. The molecule has 0 N–H and O–H groups in total. The largest absolute Gasteiger partial charge is 0.460 e. The lowest BCUT2D eigenvalue weighted by Gasteiger charge is -2.22. The zero-order valence-corrected chi connectivity index (χ0v) is 7.95. The van der Waals surface area contributed by atoms with Crippen LogP contribution in [0.25, 0.3) is 0 Å². The van der Waals surface area contributed by atoms with Crippen molar-refractivity contribution in [2.75, 3.05) is 0 Å². The molecule has 1 heterocycles. The Morgan fingerprint density at radius 1 is 1.08 bits per heavy atom. The molecule has 0 radical (unpaired) electrons. The third kappa shape index (κ3) is 1.53. The predicted octanol–water partition coefficient (Wildman–Crippen LogP) is 2.24. The Hall–Kier alpha value is -0.0151. The summed E-state index contributed by atoms with van der Waals surface area (Å²) in [7, 11) is 0.0677. The van der Waals surface area contributed by atoms with E-state index in [9.17, 15) is 0 Å². The van der Waals surface area contributed by atoms with Crippen molar-refractivity contribution in [2.45, 2.75) is 57.6 Å².